The van der Waals surface area contributed by atoms with Crippen molar-refractivity contribution in [2.24, 2.45) is 16.5 Å². The molecule has 0 spiro atoms. The van der Waals surface area contributed by atoms with Crippen molar-refractivity contribution in [3.8, 4) is 5.75 Å². The van der Waals surface area contributed by atoms with Gasteiger partial charge in [0.05, 0.1) is 6.04 Å². The molecule has 0 aromatic heterocycles. The number of phenols is 1. The number of nitro groups is 1. The Bertz CT molecular complexity index is 741. The van der Waals surface area contributed by atoms with Gasteiger partial charge in [0.2, 0.25) is 5.91 Å². The third-order valence-electron chi connectivity index (χ3n) is 3.14. The van der Waals surface area contributed by atoms with Crippen LogP contribution in [0.5, 0.6) is 5.75 Å². The summed E-state index contributed by atoms with van der Waals surface area (Å²) in [4.78, 5) is 34.5. The monoisotopic (exact) mass is 438 g/mol. The van der Waals surface area contributed by atoms with Gasteiger partial charge in [0.25, 0.3) is 5.96 Å². The van der Waals surface area contributed by atoms with Gasteiger partial charge in [-0.05, 0) is 30.5 Å². The first-order valence-electron chi connectivity index (χ1n) is 8.15. The van der Waals surface area contributed by atoms with Crippen LogP contribution >= 0.6 is 0 Å². The van der Waals surface area contributed by atoms with Crippen LogP contribution < -0.4 is 22.2 Å². The summed E-state index contributed by atoms with van der Waals surface area (Å²) in [5.41, 5.74) is 13.5. The summed E-state index contributed by atoms with van der Waals surface area (Å²) >= 11 is 0. The molecule has 8 N–H and O–H groups in total. The van der Waals surface area contributed by atoms with Crippen molar-refractivity contribution in [1.82, 2.24) is 10.7 Å². The van der Waals surface area contributed by atoms with Crippen molar-refractivity contribution >= 4 is 17.8 Å². The summed E-state index contributed by atoms with van der Waals surface area (Å²) in [5.74, 6) is -3.20. The average molecular weight is 438 g/mol. The highest BCUT2D eigenvalue weighted by molar-refractivity contribution is 5.81. The molecule has 0 saturated heterocycles. The Morgan fingerprint density at radius 2 is 1.80 bits per heavy atom. The van der Waals surface area contributed by atoms with Crippen LogP contribution in [0.25, 0.3) is 0 Å². The van der Waals surface area contributed by atoms with E-state index >= 15 is 0 Å². The van der Waals surface area contributed by atoms with E-state index < -0.39 is 23.2 Å². The Balaban J connectivity index is 0.00000103. The summed E-state index contributed by atoms with van der Waals surface area (Å²) in [6, 6.07) is 5.75. The van der Waals surface area contributed by atoms with Crippen molar-refractivity contribution in [1.29, 1.82) is 0 Å². The maximum Gasteiger partial charge on any atom is 0.490 e. The number of alkyl halides is 3. The molecule has 0 aliphatic heterocycles. The molecule has 15 heteroatoms. The van der Waals surface area contributed by atoms with Gasteiger partial charge < -0.3 is 27.0 Å². The van der Waals surface area contributed by atoms with Crippen LogP contribution in [0.3, 0.4) is 0 Å². The van der Waals surface area contributed by atoms with Gasteiger partial charge in [0.15, 0.2) is 5.03 Å². The van der Waals surface area contributed by atoms with Crippen LogP contribution in [0.4, 0.5) is 13.2 Å². The lowest BCUT2D eigenvalue weighted by atomic mass is 10.1. The smallest absolute Gasteiger partial charge is 0.490 e. The number of guanidine groups is 1. The number of aromatic hydroxyl groups is 1. The molecule has 0 radical (unpaired) electrons. The van der Waals surface area contributed by atoms with E-state index in [0.29, 0.717) is 19.4 Å². The Kier molecular flexibility index (Phi) is 11.2. The number of carboxylic acid groups (broad SMARTS) is 1. The van der Waals surface area contributed by atoms with Gasteiger partial charge in [0.1, 0.15) is 5.75 Å². The van der Waals surface area contributed by atoms with Crippen molar-refractivity contribution in [3.63, 3.8) is 0 Å². The molecule has 0 bridgehead atoms. The van der Waals surface area contributed by atoms with E-state index in [1.165, 1.54) is 12.1 Å². The molecule has 0 aliphatic carbocycles. The number of benzene rings is 1. The number of aliphatic carboxylic acids is 1. The van der Waals surface area contributed by atoms with Crippen LogP contribution in [0.15, 0.2) is 29.3 Å². The number of hydrogen-bond donors (Lipinski definition) is 6. The summed E-state index contributed by atoms with van der Waals surface area (Å²) < 4.78 is 31.7. The number of phenolic OH excluding ortho intramolecular Hbond substituents is 1. The van der Waals surface area contributed by atoms with E-state index in [-0.39, 0.29) is 24.2 Å². The fraction of sp³-hybridized carbons (Fsp3) is 0.400. The number of carbonyl (C=O) groups is 2. The molecule has 12 nitrogen and oxygen atoms in total. The van der Waals surface area contributed by atoms with Crippen molar-refractivity contribution in [2.45, 2.75) is 31.6 Å². The minimum absolute atomic E-state index is 0.156. The summed E-state index contributed by atoms with van der Waals surface area (Å²) in [6.07, 6.45) is -4.25. The number of carboxylic acids is 1. The first-order chi connectivity index (χ1) is 13.8. The molecule has 0 saturated carbocycles. The number of nitrogens with one attached hydrogen (secondary N) is 2. The number of halogens is 3. The second-order valence-electron chi connectivity index (χ2n) is 5.57. The SMILES string of the molecule is NC(=NCCC[C@@H](N)C(=O)NCc1ccc(O)cc1)N[N+](=O)[O-].O=C(O)C(F)(F)F. The normalized spacial score (nSPS) is 12.2. The second kappa shape index (κ2) is 12.8. The predicted octanol–water partition coefficient (Wildman–Crippen LogP) is -0.155. The van der Waals surface area contributed by atoms with Gasteiger partial charge in [-0.1, -0.05) is 17.6 Å². The number of hydrogen-bond acceptors (Lipinski definition) is 7. The Morgan fingerprint density at radius 3 is 2.27 bits per heavy atom. The Labute approximate surface area is 167 Å². The Morgan fingerprint density at radius 1 is 1.27 bits per heavy atom. The third kappa shape index (κ3) is 12.7. The molecule has 1 rings (SSSR count). The molecule has 30 heavy (non-hydrogen) atoms. The molecule has 0 heterocycles. The predicted molar refractivity (Wildman–Crippen MR) is 97.5 cm³/mol. The first-order valence-corrected chi connectivity index (χ1v) is 8.15. The quantitative estimate of drug-likeness (QED) is 0.105. The van der Waals surface area contributed by atoms with Crippen LogP contribution in [0.2, 0.25) is 0 Å². The van der Waals surface area contributed by atoms with Gasteiger partial charge in [-0.3, -0.25) is 4.79 Å². The standard InChI is InChI=1S/C13H20N6O4.C2HF3O2/c14-11(2-1-7-16-13(15)18-19(22)23)12(21)17-8-9-3-5-10(20)6-4-9;3-2(4,5)1(6)7/h3-6,11,20H,1-2,7-8,14H2,(H,17,21)(H3,15,16,18);(H,6,7)/t11-;/m1./s1. The molecule has 168 valence electrons. The van der Waals surface area contributed by atoms with Gasteiger partial charge in [-0.15, -0.1) is 0 Å². The van der Waals surface area contributed by atoms with Gasteiger partial charge in [0, 0.05) is 13.1 Å². The van der Waals surface area contributed by atoms with Crippen molar-refractivity contribution < 1.29 is 38.0 Å². The lowest BCUT2D eigenvalue weighted by Crippen LogP contribution is -2.40. The highest BCUT2D eigenvalue weighted by Gasteiger charge is 2.38. The van der Waals surface area contributed by atoms with Crippen molar-refractivity contribution in [3.05, 3.63) is 39.9 Å². The number of rotatable bonds is 8. The minimum Gasteiger partial charge on any atom is -0.508 e. The molecule has 1 aromatic rings. The van der Waals surface area contributed by atoms with Crippen molar-refractivity contribution in [2.75, 3.05) is 6.54 Å². The van der Waals surface area contributed by atoms with E-state index in [0.717, 1.165) is 5.56 Å². The van der Waals surface area contributed by atoms with Crippen LogP contribution in [-0.4, -0.2) is 51.8 Å². The van der Waals surface area contributed by atoms with Gasteiger partial charge >= 0.3 is 12.1 Å². The largest absolute Gasteiger partial charge is 0.508 e. The number of amides is 1. The summed E-state index contributed by atoms with van der Waals surface area (Å²) in [5, 5.41) is 28.3. The maximum atomic E-state index is 11.8. The number of hydrazine groups is 1. The van der Waals surface area contributed by atoms with E-state index in [2.05, 4.69) is 10.3 Å². The van der Waals surface area contributed by atoms with E-state index in [4.69, 9.17) is 26.5 Å². The maximum absolute atomic E-state index is 11.8. The topological polar surface area (TPSA) is 206 Å². The van der Waals surface area contributed by atoms with Crippen LogP contribution in [0.1, 0.15) is 18.4 Å². The zero-order chi connectivity index (χ0) is 23.3. The summed E-state index contributed by atoms with van der Waals surface area (Å²) in [7, 11) is 0. The molecule has 1 amide bonds. The number of nitrogens with two attached hydrogens (primary N) is 2. The fourth-order valence-corrected chi connectivity index (χ4v) is 1.70. The number of nitrogens with zero attached hydrogens (tertiary/aromatic N) is 2. The average Bonchev–Trinajstić information content (AvgIpc) is 2.63. The Hall–Kier alpha value is -3.62. The highest BCUT2D eigenvalue weighted by Crippen LogP contribution is 2.13. The fourth-order valence-electron chi connectivity index (χ4n) is 1.70. The minimum atomic E-state index is -5.08. The first kappa shape index (κ1) is 26.4. The van der Waals surface area contributed by atoms with Crippen LogP contribution in [0, 0.1) is 10.1 Å². The van der Waals surface area contributed by atoms with Crippen LogP contribution in [-0.2, 0) is 16.1 Å². The summed E-state index contributed by atoms with van der Waals surface area (Å²) in [6.45, 7) is 0.538. The molecule has 0 unspecified atom stereocenters. The van der Waals surface area contributed by atoms with Gasteiger partial charge in [-0.25, -0.2) is 19.9 Å². The second-order valence-corrected chi connectivity index (χ2v) is 5.57. The van der Waals surface area contributed by atoms with E-state index in [1.54, 1.807) is 17.6 Å². The van der Waals surface area contributed by atoms with E-state index in [1.807, 2.05) is 0 Å². The number of carbonyl (C=O) groups excluding carboxylic acids is 1. The third-order valence-corrected chi connectivity index (χ3v) is 3.14. The van der Waals surface area contributed by atoms with Gasteiger partial charge in [-0.2, -0.15) is 13.2 Å². The lowest BCUT2D eigenvalue weighted by Gasteiger charge is -2.11. The molecule has 1 atom stereocenters. The molecular formula is C15H21F3N6O6. The highest BCUT2D eigenvalue weighted by atomic mass is 19.4. The molecular weight excluding hydrogens is 417 g/mol. The molecule has 0 aliphatic rings. The number of aliphatic imine (C=N–C) groups is 1. The zero-order valence-corrected chi connectivity index (χ0v) is 15.4. The zero-order valence-electron chi connectivity index (χ0n) is 15.4. The molecule has 0 fully saturated rings. The van der Waals surface area contributed by atoms with E-state index in [9.17, 15) is 28.1 Å². The lowest BCUT2D eigenvalue weighted by molar-refractivity contribution is -0.525. The molecule has 1 aromatic carbocycles.